The van der Waals surface area contributed by atoms with E-state index in [9.17, 15) is 0 Å². The van der Waals surface area contributed by atoms with E-state index in [4.69, 9.17) is 28.9 Å². The molecule has 2 N–H and O–H groups in total. The highest BCUT2D eigenvalue weighted by molar-refractivity contribution is 7.98. The monoisotopic (exact) mass is 312 g/mol. The summed E-state index contributed by atoms with van der Waals surface area (Å²) in [7, 11) is 0. The number of nitrogens with zero attached hydrogens (tertiary/aromatic N) is 1. The number of anilines is 1. The molecule has 0 saturated carbocycles. The molecule has 0 atom stereocenters. The highest BCUT2D eigenvalue weighted by Gasteiger charge is 2.10. The molecular formula is C14H14Cl2N2S. The Hall–Kier alpha value is -0.900. The lowest BCUT2D eigenvalue weighted by atomic mass is 10.2. The van der Waals surface area contributed by atoms with Crippen molar-refractivity contribution >= 4 is 40.7 Å². The normalized spacial score (nSPS) is 10.7. The minimum atomic E-state index is 0.477. The third-order valence-electron chi connectivity index (χ3n) is 2.72. The number of nitrogens with two attached hydrogens (primary N) is 1. The van der Waals surface area contributed by atoms with Crippen molar-refractivity contribution < 1.29 is 0 Å². The van der Waals surface area contributed by atoms with Crippen molar-refractivity contribution in [3.63, 3.8) is 0 Å². The number of rotatable bonds is 3. The summed E-state index contributed by atoms with van der Waals surface area (Å²) >= 11 is 14.0. The highest BCUT2D eigenvalue weighted by Crippen LogP contribution is 2.32. The quantitative estimate of drug-likeness (QED) is 0.498. The van der Waals surface area contributed by atoms with E-state index in [1.54, 1.807) is 11.8 Å². The average molecular weight is 313 g/mol. The van der Waals surface area contributed by atoms with Crippen molar-refractivity contribution in [2.75, 3.05) is 5.73 Å². The van der Waals surface area contributed by atoms with Gasteiger partial charge in [0.15, 0.2) is 0 Å². The van der Waals surface area contributed by atoms with Crippen LogP contribution in [0.4, 0.5) is 5.69 Å². The first-order chi connectivity index (χ1) is 8.97. The Morgan fingerprint density at radius 1 is 1.21 bits per heavy atom. The lowest BCUT2D eigenvalue weighted by molar-refractivity contribution is 1.16. The molecule has 0 aliphatic rings. The van der Waals surface area contributed by atoms with Crippen molar-refractivity contribution in [1.82, 2.24) is 4.98 Å². The van der Waals surface area contributed by atoms with E-state index in [-0.39, 0.29) is 0 Å². The van der Waals surface area contributed by atoms with E-state index in [0.29, 0.717) is 15.9 Å². The van der Waals surface area contributed by atoms with Gasteiger partial charge in [0.25, 0.3) is 0 Å². The molecule has 1 heterocycles. The molecule has 0 aliphatic heterocycles. The van der Waals surface area contributed by atoms with Crippen LogP contribution < -0.4 is 5.73 Å². The molecular weight excluding hydrogens is 299 g/mol. The predicted octanol–water partition coefficient (Wildman–Crippen LogP) is 4.88. The second-order valence-corrected chi connectivity index (χ2v) is 6.11. The average Bonchev–Trinajstić information content (AvgIpc) is 2.30. The molecule has 1 aromatic heterocycles. The summed E-state index contributed by atoms with van der Waals surface area (Å²) in [5, 5.41) is 1.14. The molecule has 0 radical (unpaired) electrons. The molecule has 0 fully saturated rings. The van der Waals surface area contributed by atoms with Gasteiger partial charge in [-0.2, -0.15) is 0 Å². The molecule has 0 bridgehead atoms. The number of aromatic nitrogens is 1. The lowest BCUT2D eigenvalue weighted by Gasteiger charge is -2.09. The molecule has 0 aliphatic carbocycles. The Morgan fingerprint density at radius 2 is 1.95 bits per heavy atom. The molecule has 5 heteroatoms. The van der Waals surface area contributed by atoms with Crippen LogP contribution in [0.1, 0.15) is 16.8 Å². The first-order valence-electron chi connectivity index (χ1n) is 5.78. The van der Waals surface area contributed by atoms with Crippen LogP contribution in [0.5, 0.6) is 0 Å². The van der Waals surface area contributed by atoms with Crippen molar-refractivity contribution in [3.05, 3.63) is 51.3 Å². The molecule has 2 rings (SSSR count). The van der Waals surface area contributed by atoms with Gasteiger partial charge in [-0.1, -0.05) is 23.2 Å². The summed E-state index contributed by atoms with van der Waals surface area (Å²) in [6.07, 6.45) is 0. The maximum absolute atomic E-state index is 6.21. The summed E-state index contributed by atoms with van der Waals surface area (Å²) in [6, 6.07) is 7.70. The van der Waals surface area contributed by atoms with Crippen LogP contribution >= 0.6 is 35.0 Å². The fourth-order valence-electron chi connectivity index (χ4n) is 1.74. The standard InChI is InChI=1S/C14H14Cl2N2S/c1-8-5-10(17)3-4-13(8)19-7-11-12(15)6-9(2)18-14(11)16/h3-6H,7,17H2,1-2H3. The van der Waals surface area contributed by atoms with Crippen molar-refractivity contribution in [1.29, 1.82) is 0 Å². The number of hydrogen-bond acceptors (Lipinski definition) is 3. The summed E-state index contributed by atoms with van der Waals surface area (Å²) in [5.74, 6) is 0.690. The van der Waals surface area contributed by atoms with Crippen LogP contribution in [-0.2, 0) is 5.75 Å². The summed E-state index contributed by atoms with van der Waals surface area (Å²) in [5.41, 5.74) is 9.36. The van der Waals surface area contributed by atoms with Gasteiger partial charge < -0.3 is 5.73 Å². The SMILES string of the molecule is Cc1cc(Cl)c(CSc2ccc(N)cc2C)c(Cl)n1. The van der Waals surface area contributed by atoms with Crippen molar-refractivity contribution in [2.24, 2.45) is 0 Å². The minimum Gasteiger partial charge on any atom is -0.399 e. The highest BCUT2D eigenvalue weighted by atomic mass is 35.5. The molecule has 0 spiro atoms. The molecule has 2 nitrogen and oxygen atoms in total. The third-order valence-corrected chi connectivity index (χ3v) is 4.57. The second kappa shape index (κ2) is 6.04. The van der Waals surface area contributed by atoms with E-state index in [1.165, 1.54) is 4.90 Å². The van der Waals surface area contributed by atoms with Gasteiger partial charge in [0, 0.05) is 32.6 Å². The lowest BCUT2D eigenvalue weighted by Crippen LogP contribution is -1.92. The Labute approximate surface area is 127 Å². The number of thioether (sulfide) groups is 1. The van der Waals surface area contributed by atoms with E-state index in [2.05, 4.69) is 4.98 Å². The molecule has 2 aromatic rings. The van der Waals surface area contributed by atoms with Crippen molar-refractivity contribution in [2.45, 2.75) is 24.5 Å². The largest absolute Gasteiger partial charge is 0.399 e. The topological polar surface area (TPSA) is 38.9 Å². The molecule has 0 amide bonds. The number of hydrogen-bond donors (Lipinski definition) is 1. The molecule has 19 heavy (non-hydrogen) atoms. The number of pyridine rings is 1. The number of benzene rings is 1. The van der Waals surface area contributed by atoms with Crippen LogP contribution in [0.2, 0.25) is 10.2 Å². The maximum atomic E-state index is 6.21. The first kappa shape index (κ1) is 14.5. The van der Waals surface area contributed by atoms with Gasteiger partial charge in [0.1, 0.15) is 5.15 Å². The Kier molecular flexibility index (Phi) is 4.61. The first-order valence-corrected chi connectivity index (χ1v) is 7.52. The summed E-state index contributed by atoms with van der Waals surface area (Å²) < 4.78 is 0. The van der Waals surface area contributed by atoms with Gasteiger partial charge in [0.2, 0.25) is 0 Å². The van der Waals surface area contributed by atoms with Crippen molar-refractivity contribution in [3.8, 4) is 0 Å². The summed E-state index contributed by atoms with van der Waals surface area (Å²) in [6.45, 7) is 3.91. The van der Waals surface area contributed by atoms with Crippen LogP contribution in [-0.4, -0.2) is 4.98 Å². The second-order valence-electron chi connectivity index (χ2n) is 4.33. The van der Waals surface area contributed by atoms with Crippen LogP contribution in [0.15, 0.2) is 29.2 Å². The van der Waals surface area contributed by atoms with Gasteiger partial charge >= 0.3 is 0 Å². The zero-order valence-corrected chi connectivity index (χ0v) is 13.0. The number of nitrogen functional groups attached to an aromatic ring is 1. The van der Waals surface area contributed by atoms with Crippen LogP contribution in [0.3, 0.4) is 0 Å². The van der Waals surface area contributed by atoms with Crippen LogP contribution in [0.25, 0.3) is 0 Å². The van der Waals surface area contributed by atoms with Gasteiger partial charge in [-0.25, -0.2) is 4.98 Å². The van der Waals surface area contributed by atoms with Gasteiger partial charge in [-0.15, -0.1) is 11.8 Å². The molecule has 100 valence electrons. The zero-order valence-electron chi connectivity index (χ0n) is 10.7. The third kappa shape index (κ3) is 3.56. The Morgan fingerprint density at radius 3 is 2.58 bits per heavy atom. The smallest absolute Gasteiger partial charge is 0.134 e. The number of halogens is 2. The van der Waals surface area contributed by atoms with Gasteiger partial charge in [-0.3, -0.25) is 0 Å². The fourth-order valence-corrected chi connectivity index (χ4v) is 3.60. The maximum Gasteiger partial charge on any atom is 0.134 e. The Balaban J connectivity index is 2.19. The molecule has 0 unspecified atom stereocenters. The van der Waals surface area contributed by atoms with Crippen LogP contribution in [0, 0.1) is 13.8 Å². The van der Waals surface area contributed by atoms with Gasteiger partial charge in [0.05, 0.1) is 0 Å². The van der Waals surface area contributed by atoms with Gasteiger partial charge in [-0.05, 0) is 43.7 Å². The molecule has 1 aromatic carbocycles. The van der Waals surface area contributed by atoms with E-state index in [0.717, 1.165) is 22.5 Å². The zero-order chi connectivity index (χ0) is 14.0. The van der Waals surface area contributed by atoms with E-state index < -0.39 is 0 Å². The predicted molar refractivity (Wildman–Crippen MR) is 84.1 cm³/mol. The summed E-state index contributed by atoms with van der Waals surface area (Å²) in [4.78, 5) is 5.40. The number of aryl methyl sites for hydroxylation is 2. The van der Waals surface area contributed by atoms with E-state index in [1.807, 2.05) is 38.1 Å². The minimum absolute atomic E-state index is 0.477. The van der Waals surface area contributed by atoms with E-state index >= 15 is 0 Å². The Bertz CT molecular complexity index is 591. The molecule has 0 saturated heterocycles. The fraction of sp³-hybridized carbons (Fsp3) is 0.214.